The lowest BCUT2D eigenvalue weighted by molar-refractivity contribution is 0.313. The van der Waals surface area contributed by atoms with E-state index in [2.05, 4.69) is 18.9 Å². The third-order valence-corrected chi connectivity index (χ3v) is 2.40. The van der Waals surface area contributed by atoms with Crippen LogP contribution in [0.5, 0.6) is 0 Å². The minimum atomic E-state index is -3.60. The predicted octanol–water partition coefficient (Wildman–Crippen LogP) is -0.0800. The van der Waals surface area contributed by atoms with Crippen molar-refractivity contribution < 1.29 is 12.6 Å². The van der Waals surface area contributed by atoms with Crippen LogP contribution in [0.3, 0.4) is 0 Å². The zero-order chi connectivity index (χ0) is 9.03. The molecule has 1 aliphatic rings. The lowest BCUT2D eigenvalue weighted by Crippen LogP contribution is -2.28. The molecule has 68 valence electrons. The van der Waals surface area contributed by atoms with E-state index in [9.17, 15) is 8.42 Å². The Bertz CT molecular complexity index is 293. The summed E-state index contributed by atoms with van der Waals surface area (Å²) >= 11 is 0. The highest BCUT2D eigenvalue weighted by atomic mass is 32.2. The number of azide groups is 1. The van der Waals surface area contributed by atoms with Gasteiger partial charge in [-0.1, -0.05) is 5.11 Å². The van der Waals surface area contributed by atoms with Crippen LogP contribution < -0.4 is 4.72 Å². The van der Waals surface area contributed by atoms with Gasteiger partial charge in [-0.25, -0.2) is 0 Å². The highest BCUT2D eigenvalue weighted by Crippen LogP contribution is 2.04. The van der Waals surface area contributed by atoms with E-state index in [-0.39, 0.29) is 19.2 Å². The van der Waals surface area contributed by atoms with Gasteiger partial charge in [0.25, 0.3) is 0 Å². The highest BCUT2D eigenvalue weighted by Gasteiger charge is 2.19. The van der Waals surface area contributed by atoms with E-state index in [1.54, 1.807) is 0 Å². The first kappa shape index (κ1) is 9.27. The topological polar surface area (TPSA) is 104 Å². The monoisotopic (exact) mass is 192 g/mol. The minimum Gasteiger partial charge on any atom is -0.258 e. The number of rotatable bonds is 1. The van der Waals surface area contributed by atoms with E-state index in [4.69, 9.17) is 5.53 Å². The predicted molar refractivity (Wildman–Crippen MR) is 40.4 cm³/mol. The normalized spacial score (nSPS) is 28.5. The van der Waals surface area contributed by atoms with Crippen LogP contribution in [0.4, 0.5) is 0 Å². The average molecular weight is 192 g/mol. The third-order valence-electron chi connectivity index (χ3n) is 1.40. The summed E-state index contributed by atoms with van der Waals surface area (Å²) in [5.41, 5.74) is 8.08. The van der Waals surface area contributed by atoms with Crippen LogP contribution in [-0.4, -0.2) is 27.6 Å². The summed E-state index contributed by atoms with van der Waals surface area (Å²) in [4.78, 5) is 2.58. The highest BCUT2D eigenvalue weighted by molar-refractivity contribution is 7.84. The number of hydrogen-bond acceptors (Lipinski definition) is 4. The molecule has 1 rings (SSSR count). The molecule has 0 aromatic rings. The fraction of sp³-hybridized carbons (Fsp3) is 1.00. The Kier molecular flexibility index (Phi) is 2.88. The molecule has 1 saturated heterocycles. The smallest absolute Gasteiger partial charge is 0.258 e. The Morgan fingerprint density at radius 1 is 1.67 bits per heavy atom. The van der Waals surface area contributed by atoms with Crippen LogP contribution in [0.25, 0.3) is 10.4 Å². The van der Waals surface area contributed by atoms with E-state index in [0.29, 0.717) is 6.42 Å². The fourth-order valence-corrected chi connectivity index (χ4v) is 1.60. The van der Waals surface area contributed by atoms with Crippen molar-refractivity contribution in [2.24, 2.45) is 5.11 Å². The first-order valence-electron chi connectivity index (χ1n) is 3.32. The largest absolute Gasteiger partial charge is 0.335 e. The van der Waals surface area contributed by atoms with Crippen LogP contribution in [0.2, 0.25) is 0 Å². The van der Waals surface area contributed by atoms with Gasteiger partial charge in [0.05, 0.1) is 12.6 Å². The Morgan fingerprint density at radius 3 is 3.08 bits per heavy atom. The second-order valence-electron chi connectivity index (χ2n) is 2.27. The van der Waals surface area contributed by atoms with E-state index < -0.39 is 10.3 Å². The molecule has 1 unspecified atom stereocenters. The summed E-state index contributed by atoms with van der Waals surface area (Å²) < 4.78 is 28.1. The fourth-order valence-electron chi connectivity index (χ4n) is 0.807. The average Bonchev–Trinajstić information content (AvgIpc) is 2.14. The van der Waals surface area contributed by atoms with Gasteiger partial charge in [-0.05, 0) is 12.0 Å². The molecular weight excluding hydrogens is 184 g/mol. The first-order chi connectivity index (χ1) is 5.64. The summed E-state index contributed by atoms with van der Waals surface area (Å²) in [5, 5.41) is 3.38. The molecule has 1 heterocycles. The summed E-state index contributed by atoms with van der Waals surface area (Å²) in [5.74, 6) is 0. The minimum absolute atomic E-state index is 0.0546. The van der Waals surface area contributed by atoms with Gasteiger partial charge in [-0.3, -0.25) is 4.18 Å². The van der Waals surface area contributed by atoms with Crippen LogP contribution >= 0.6 is 0 Å². The molecule has 0 saturated carbocycles. The van der Waals surface area contributed by atoms with E-state index in [1.165, 1.54) is 0 Å². The molecule has 1 N–H and O–H groups in total. The van der Waals surface area contributed by atoms with E-state index >= 15 is 0 Å². The van der Waals surface area contributed by atoms with Crippen LogP contribution in [0.15, 0.2) is 5.11 Å². The van der Waals surface area contributed by atoms with Gasteiger partial charge in [0.2, 0.25) is 0 Å². The number of nitrogens with zero attached hydrogens (tertiary/aromatic N) is 3. The van der Waals surface area contributed by atoms with Crippen molar-refractivity contribution in [3.63, 3.8) is 0 Å². The van der Waals surface area contributed by atoms with Crippen molar-refractivity contribution in [1.29, 1.82) is 0 Å². The van der Waals surface area contributed by atoms with E-state index in [0.717, 1.165) is 0 Å². The van der Waals surface area contributed by atoms with Gasteiger partial charge >= 0.3 is 10.3 Å². The van der Waals surface area contributed by atoms with E-state index in [1.807, 2.05) is 0 Å². The first-order valence-corrected chi connectivity index (χ1v) is 4.73. The molecule has 0 bridgehead atoms. The van der Waals surface area contributed by atoms with Crippen molar-refractivity contribution in [2.45, 2.75) is 12.5 Å². The molecule has 1 fully saturated rings. The molecule has 0 amide bonds. The molecule has 1 aliphatic heterocycles. The standard InChI is InChI=1S/C4H8N4O3S/c5-8-7-4-1-2-11-12(9,10)6-3-4/h4,6H,1-3H2. The Hall–Kier alpha value is -0.820. The molecule has 8 heteroatoms. The molecule has 0 aliphatic carbocycles. The molecule has 0 spiro atoms. The quantitative estimate of drug-likeness (QED) is 0.357. The number of nitrogens with one attached hydrogen (secondary N) is 1. The maximum Gasteiger partial charge on any atom is 0.335 e. The van der Waals surface area contributed by atoms with Crippen molar-refractivity contribution in [3.05, 3.63) is 10.4 Å². The van der Waals surface area contributed by atoms with Crippen molar-refractivity contribution in [3.8, 4) is 0 Å². The summed E-state index contributed by atoms with van der Waals surface area (Å²) in [7, 11) is -3.60. The third kappa shape index (κ3) is 2.67. The zero-order valence-electron chi connectivity index (χ0n) is 6.17. The van der Waals surface area contributed by atoms with Crippen LogP contribution in [0, 0.1) is 0 Å². The van der Waals surface area contributed by atoms with Crippen LogP contribution in [-0.2, 0) is 14.5 Å². The number of hydrogen-bond donors (Lipinski definition) is 1. The second kappa shape index (κ2) is 3.72. The Morgan fingerprint density at radius 2 is 2.42 bits per heavy atom. The summed E-state index contributed by atoms with van der Waals surface area (Å²) in [6, 6.07) is -0.354. The summed E-state index contributed by atoms with van der Waals surface area (Å²) in [6.45, 7) is 0.158. The van der Waals surface area contributed by atoms with Crippen molar-refractivity contribution in [1.82, 2.24) is 4.72 Å². The molecule has 0 radical (unpaired) electrons. The van der Waals surface area contributed by atoms with Gasteiger partial charge in [0.1, 0.15) is 0 Å². The summed E-state index contributed by atoms with van der Waals surface area (Å²) in [6.07, 6.45) is 0.413. The molecule has 7 nitrogen and oxygen atoms in total. The zero-order valence-corrected chi connectivity index (χ0v) is 6.99. The maximum absolute atomic E-state index is 10.8. The van der Waals surface area contributed by atoms with Crippen molar-refractivity contribution in [2.75, 3.05) is 13.2 Å². The second-order valence-corrected chi connectivity index (χ2v) is 3.70. The molecule has 12 heavy (non-hydrogen) atoms. The van der Waals surface area contributed by atoms with Gasteiger partial charge in [0.15, 0.2) is 0 Å². The van der Waals surface area contributed by atoms with Gasteiger partial charge in [0, 0.05) is 11.5 Å². The van der Waals surface area contributed by atoms with Crippen molar-refractivity contribution >= 4 is 10.3 Å². The molecule has 0 aromatic heterocycles. The van der Waals surface area contributed by atoms with Gasteiger partial charge < -0.3 is 0 Å². The molecule has 1 atom stereocenters. The van der Waals surface area contributed by atoms with Gasteiger partial charge in [-0.2, -0.15) is 13.1 Å². The maximum atomic E-state index is 10.8. The Balaban J connectivity index is 2.62. The molecule has 0 aromatic carbocycles. The lowest BCUT2D eigenvalue weighted by atomic mass is 10.2. The SMILES string of the molecule is [N-]=[N+]=NC1CCOS(=O)(=O)NC1. The lowest BCUT2D eigenvalue weighted by Gasteiger charge is -2.02. The van der Waals surface area contributed by atoms with Gasteiger partial charge in [-0.15, -0.1) is 0 Å². The molecular formula is C4H8N4O3S. The Labute approximate surface area is 69.6 Å². The van der Waals surface area contributed by atoms with Crippen LogP contribution in [0.1, 0.15) is 6.42 Å².